The van der Waals surface area contributed by atoms with Crippen LogP contribution < -0.4 is 0 Å². The van der Waals surface area contributed by atoms with Crippen LogP contribution in [0.2, 0.25) is 0 Å². The zero-order chi connectivity index (χ0) is 16.5. The zero-order valence-corrected chi connectivity index (χ0v) is 14.3. The minimum Gasteiger partial charge on any atom is -0.283 e. The lowest BCUT2D eigenvalue weighted by Gasteiger charge is -2.25. The Labute approximate surface area is 143 Å². The number of nitrogens with zero attached hydrogens (tertiary/aromatic N) is 2. The molecule has 0 saturated heterocycles. The highest BCUT2D eigenvalue weighted by Gasteiger charge is 2.24. The number of aliphatic imine (C=N–C) groups is 1. The molecule has 0 spiro atoms. The van der Waals surface area contributed by atoms with Gasteiger partial charge in [0.15, 0.2) is 0 Å². The third kappa shape index (κ3) is 2.73. The molecular weight excluding hydrogens is 292 g/mol. The molecule has 1 aliphatic carbocycles. The summed E-state index contributed by atoms with van der Waals surface area (Å²) in [5.41, 5.74) is 6.03. The molecule has 1 heterocycles. The van der Waals surface area contributed by atoms with Crippen LogP contribution in [0.3, 0.4) is 0 Å². The number of hydrogen-bond acceptors (Lipinski definition) is 2. The molecule has 2 nitrogen and oxygen atoms in total. The fraction of sp³-hybridized carbons (Fsp3) is 0.273. The van der Waals surface area contributed by atoms with Crippen LogP contribution in [-0.4, -0.2) is 10.7 Å². The average molecular weight is 314 g/mol. The van der Waals surface area contributed by atoms with Gasteiger partial charge in [-0.3, -0.25) is 9.98 Å². The van der Waals surface area contributed by atoms with Crippen LogP contribution in [0.4, 0.5) is 0 Å². The van der Waals surface area contributed by atoms with E-state index in [2.05, 4.69) is 62.4 Å². The van der Waals surface area contributed by atoms with E-state index in [0.29, 0.717) is 5.92 Å². The summed E-state index contributed by atoms with van der Waals surface area (Å²) >= 11 is 0. The highest BCUT2D eigenvalue weighted by Crippen LogP contribution is 2.32. The normalized spacial score (nSPS) is 18.8. The van der Waals surface area contributed by atoms with Gasteiger partial charge in [-0.2, -0.15) is 0 Å². The maximum Gasteiger partial charge on any atom is 0.0881 e. The molecule has 4 rings (SSSR count). The molecule has 24 heavy (non-hydrogen) atoms. The molecule has 0 saturated carbocycles. The van der Waals surface area contributed by atoms with Gasteiger partial charge in [0.1, 0.15) is 0 Å². The molecule has 0 N–H and O–H groups in total. The molecule has 0 amide bonds. The molecule has 2 aromatic carbocycles. The maximum absolute atomic E-state index is 4.95. The van der Waals surface area contributed by atoms with Crippen molar-refractivity contribution in [3.63, 3.8) is 0 Å². The lowest BCUT2D eigenvalue weighted by molar-refractivity contribution is 0.590. The molecule has 2 heteroatoms. The van der Waals surface area contributed by atoms with E-state index in [0.717, 1.165) is 30.8 Å². The van der Waals surface area contributed by atoms with Crippen molar-refractivity contribution in [1.82, 2.24) is 4.98 Å². The van der Waals surface area contributed by atoms with Crippen molar-refractivity contribution < 1.29 is 0 Å². The van der Waals surface area contributed by atoms with Gasteiger partial charge in [0.25, 0.3) is 0 Å². The van der Waals surface area contributed by atoms with Crippen LogP contribution in [0.5, 0.6) is 0 Å². The van der Waals surface area contributed by atoms with Crippen LogP contribution in [0.1, 0.15) is 35.9 Å². The summed E-state index contributed by atoms with van der Waals surface area (Å²) in [6.07, 6.45) is 2.11. The topological polar surface area (TPSA) is 25.2 Å². The van der Waals surface area contributed by atoms with E-state index in [1.54, 1.807) is 0 Å². The van der Waals surface area contributed by atoms with E-state index in [-0.39, 0.29) is 0 Å². The predicted octanol–water partition coefficient (Wildman–Crippen LogP) is 5.11. The van der Waals surface area contributed by atoms with Crippen LogP contribution in [0.15, 0.2) is 59.6 Å². The van der Waals surface area contributed by atoms with Crippen LogP contribution in [-0.2, 0) is 13.0 Å². The minimum absolute atomic E-state index is 0.611. The summed E-state index contributed by atoms with van der Waals surface area (Å²) in [5.74, 6) is 0.611. The van der Waals surface area contributed by atoms with Crippen molar-refractivity contribution >= 4 is 16.5 Å². The van der Waals surface area contributed by atoms with Gasteiger partial charge < -0.3 is 0 Å². The minimum atomic E-state index is 0.611. The second-order valence-corrected chi connectivity index (χ2v) is 6.83. The Kier molecular flexibility index (Phi) is 3.89. The van der Waals surface area contributed by atoms with E-state index in [4.69, 9.17) is 9.98 Å². The van der Waals surface area contributed by atoms with Crippen LogP contribution in [0, 0.1) is 12.8 Å². The summed E-state index contributed by atoms with van der Waals surface area (Å²) < 4.78 is 0. The van der Waals surface area contributed by atoms with E-state index >= 15 is 0 Å². The van der Waals surface area contributed by atoms with E-state index in [9.17, 15) is 0 Å². The molecule has 1 atom stereocenters. The Bertz CT molecular complexity index is 910. The molecule has 0 aliphatic heterocycles. The first kappa shape index (κ1) is 15.1. The molecule has 1 aromatic heterocycles. The van der Waals surface area contributed by atoms with Gasteiger partial charge in [-0.1, -0.05) is 61.5 Å². The lowest BCUT2D eigenvalue weighted by atomic mass is 9.83. The average Bonchev–Trinajstić information content (AvgIpc) is 2.62. The largest absolute Gasteiger partial charge is 0.283 e. The zero-order valence-electron chi connectivity index (χ0n) is 14.3. The Morgan fingerprint density at radius 3 is 2.46 bits per heavy atom. The van der Waals surface area contributed by atoms with E-state index in [1.807, 2.05) is 6.07 Å². The summed E-state index contributed by atoms with van der Waals surface area (Å²) in [6.45, 7) is 5.15. The number of pyridine rings is 1. The van der Waals surface area contributed by atoms with Gasteiger partial charge in [0.05, 0.1) is 18.0 Å². The van der Waals surface area contributed by atoms with Gasteiger partial charge in [-0.15, -0.1) is 0 Å². The Morgan fingerprint density at radius 2 is 1.67 bits per heavy atom. The van der Waals surface area contributed by atoms with Crippen molar-refractivity contribution in [2.45, 2.75) is 33.2 Å². The smallest absolute Gasteiger partial charge is 0.0881 e. The molecule has 1 unspecified atom stereocenters. The lowest BCUT2D eigenvalue weighted by Crippen LogP contribution is -2.21. The molecule has 0 radical (unpaired) electrons. The molecule has 0 fully saturated rings. The SMILES string of the molecule is Cc1nc2c(c3ccccc13)CC(C)CC2=NCc1ccccc1. The van der Waals surface area contributed by atoms with Crippen molar-refractivity contribution in [2.75, 3.05) is 0 Å². The third-order valence-electron chi connectivity index (χ3n) is 4.87. The van der Waals surface area contributed by atoms with Crippen LogP contribution >= 0.6 is 0 Å². The maximum atomic E-state index is 4.95. The van der Waals surface area contributed by atoms with Gasteiger partial charge in [0, 0.05) is 11.1 Å². The van der Waals surface area contributed by atoms with Crippen molar-refractivity contribution in [3.05, 3.63) is 77.1 Å². The van der Waals surface area contributed by atoms with E-state index in [1.165, 1.54) is 27.6 Å². The summed E-state index contributed by atoms with van der Waals surface area (Å²) in [7, 11) is 0. The number of rotatable bonds is 2. The third-order valence-corrected chi connectivity index (χ3v) is 4.87. The Morgan fingerprint density at radius 1 is 0.958 bits per heavy atom. The molecule has 120 valence electrons. The van der Waals surface area contributed by atoms with Gasteiger partial charge in [0.2, 0.25) is 0 Å². The first-order valence-corrected chi connectivity index (χ1v) is 8.68. The number of aryl methyl sites for hydroxylation is 1. The van der Waals surface area contributed by atoms with Crippen molar-refractivity contribution in [3.8, 4) is 0 Å². The van der Waals surface area contributed by atoms with Crippen LogP contribution in [0.25, 0.3) is 10.8 Å². The summed E-state index contributed by atoms with van der Waals surface area (Å²) in [5, 5.41) is 2.62. The molecule has 0 bridgehead atoms. The standard InChI is InChI=1S/C22H22N2/c1-15-12-20-19-11-7-6-10-18(19)16(2)24-22(20)21(13-15)23-14-17-8-4-3-5-9-17/h3-11,15H,12-14H2,1-2H3. The quantitative estimate of drug-likeness (QED) is 0.645. The summed E-state index contributed by atoms with van der Waals surface area (Å²) in [4.78, 5) is 9.89. The van der Waals surface area contributed by atoms with Crippen molar-refractivity contribution in [1.29, 1.82) is 0 Å². The molecule has 1 aliphatic rings. The Balaban J connectivity index is 1.82. The molecular formula is C22H22N2. The predicted molar refractivity (Wildman–Crippen MR) is 101 cm³/mol. The Hall–Kier alpha value is -2.48. The second kappa shape index (κ2) is 6.20. The first-order chi connectivity index (χ1) is 11.7. The fourth-order valence-corrected chi connectivity index (χ4v) is 3.69. The van der Waals surface area contributed by atoms with E-state index < -0.39 is 0 Å². The number of benzene rings is 2. The fourth-order valence-electron chi connectivity index (χ4n) is 3.69. The van der Waals surface area contributed by atoms with Gasteiger partial charge in [-0.25, -0.2) is 0 Å². The van der Waals surface area contributed by atoms with Gasteiger partial charge in [-0.05, 0) is 42.2 Å². The number of hydrogen-bond donors (Lipinski definition) is 0. The van der Waals surface area contributed by atoms with Gasteiger partial charge >= 0.3 is 0 Å². The van der Waals surface area contributed by atoms with Crippen molar-refractivity contribution in [2.24, 2.45) is 10.9 Å². The highest BCUT2D eigenvalue weighted by atomic mass is 14.8. The summed E-state index contributed by atoms with van der Waals surface area (Å²) in [6, 6.07) is 19.1. The monoisotopic (exact) mass is 314 g/mol. The first-order valence-electron chi connectivity index (χ1n) is 8.68. The number of aromatic nitrogens is 1. The molecule has 3 aromatic rings. The second-order valence-electron chi connectivity index (χ2n) is 6.83. The number of fused-ring (bicyclic) bond motifs is 3. The highest BCUT2D eigenvalue weighted by molar-refractivity contribution is 6.05.